The molecule has 0 amide bonds. The van der Waals surface area contributed by atoms with Crippen molar-refractivity contribution in [3.05, 3.63) is 140 Å². The van der Waals surface area contributed by atoms with E-state index < -0.39 is 31.2 Å². The third-order valence-corrected chi connectivity index (χ3v) is 11.2. The van der Waals surface area contributed by atoms with Crippen molar-refractivity contribution >= 4 is 25.2 Å². The van der Waals surface area contributed by atoms with Crippen molar-refractivity contribution in [2.24, 2.45) is 0 Å². The summed E-state index contributed by atoms with van der Waals surface area (Å²) in [7, 11) is 0.327. The SMILES string of the molecule is C=CC(c1ccccc1)N([Se][C]1[CH][CH][CH][C]1[C@@H](C)N(C)C)S(=O)(=O)c1ccc(C)cc1.[CH]1[CH][CH][CH][CH]1.[Fe]. The van der Waals surface area contributed by atoms with Gasteiger partial charge in [0.05, 0.1) is 0 Å². The van der Waals surface area contributed by atoms with Gasteiger partial charge in [0.2, 0.25) is 0 Å². The molecule has 0 bridgehead atoms. The van der Waals surface area contributed by atoms with E-state index in [2.05, 4.69) is 24.8 Å². The van der Waals surface area contributed by atoms with Crippen LogP contribution >= 0.6 is 0 Å². The predicted octanol–water partition coefficient (Wildman–Crippen LogP) is 5.23. The third kappa shape index (κ3) is 8.80. The van der Waals surface area contributed by atoms with E-state index >= 15 is 0 Å². The van der Waals surface area contributed by atoms with Gasteiger partial charge in [-0.15, -0.1) is 0 Å². The Morgan fingerprint density at radius 3 is 1.95 bits per heavy atom. The maximum Gasteiger partial charge on any atom is 0 e. The van der Waals surface area contributed by atoms with Crippen LogP contribution in [0.4, 0.5) is 0 Å². The number of hydrogen-bond acceptors (Lipinski definition) is 3. The third-order valence-electron chi connectivity index (χ3n) is 5.92. The molecule has 2 aromatic carbocycles. The topological polar surface area (TPSA) is 40.6 Å². The van der Waals surface area contributed by atoms with Crippen molar-refractivity contribution in [1.82, 2.24) is 8.22 Å². The van der Waals surface area contributed by atoms with Crippen LogP contribution in [0.3, 0.4) is 0 Å². The Labute approximate surface area is 243 Å². The van der Waals surface area contributed by atoms with Gasteiger partial charge in [-0.05, 0) is 32.1 Å². The largest absolute Gasteiger partial charge is 0.0312 e. The normalized spacial score (nSPS) is 18.2. The summed E-state index contributed by atoms with van der Waals surface area (Å²) in [6, 6.07) is 16.5. The fourth-order valence-corrected chi connectivity index (χ4v) is 8.57. The molecular formula is C30H34FeN2O2SSe. The number of rotatable bonds is 9. The van der Waals surface area contributed by atoms with Crippen LogP contribution in [-0.2, 0) is 27.1 Å². The standard InChI is InChI=1S/C25H29N2O2SSe.C5H5.Fe/c1-6-24(21-11-8-7-9-12-21)27(30(28,29)22-17-15-19(2)16-18-22)31-25-14-10-13-23(25)20(3)26(4)5;1-2-4-5-3-1;/h6-18,20,24H,1H2,2-5H3;1-5H;/t20-,24?;;/m1../s1. The van der Waals surface area contributed by atoms with Crippen molar-refractivity contribution in [2.75, 3.05) is 14.1 Å². The molecule has 0 spiro atoms. The van der Waals surface area contributed by atoms with Gasteiger partial charge < -0.3 is 0 Å². The zero-order valence-electron chi connectivity index (χ0n) is 21.6. The molecule has 196 valence electrons. The van der Waals surface area contributed by atoms with Crippen LogP contribution in [0.5, 0.6) is 0 Å². The number of aryl methyl sites for hydroxylation is 1. The van der Waals surface area contributed by atoms with E-state index in [1.807, 2.05) is 108 Å². The number of sulfonamides is 1. The van der Waals surface area contributed by atoms with E-state index in [-0.39, 0.29) is 23.1 Å². The monoisotopic (exact) mass is 622 g/mol. The average Bonchev–Trinajstić information content (AvgIpc) is 3.60. The molecule has 0 saturated heterocycles. The molecule has 0 heterocycles. The second-order valence-corrected chi connectivity index (χ2v) is 13.2. The van der Waals surface area contributed by atoms with Gasteiger partial charge in [-0.3, -0.25) is 0 Å². The summed E-state index contributed by atoms with van der Waals surface area (Å²) < 4.78 is 29.3. The van der Waals surface area contributed by atoms with Gasteiger partial charge in [0.25, 0.3) is 0 Å². The summed E-state index contributed by atoms with van der Waals surface area (Å²) in [5.41, 5.74) is 1.93. The minimum Gasteiger partial charge on any atom is -0.0312 e. The van der Waals surface area contributed by atoms with Crippen LogP contribution in [0, 0.1) is 69.0 Å². The van der Waals surface area contributed by atoms with E-state index in [1.165, 1.54) is 0 Å². The van der Waals surface area contributed by atoms with Crippen molar-refractivity contribution < 1.29 is 25.5 Å². The van der Waals surface area contributed by atoms with Crippen LogP contribution in [0.25, 0.3) is 0 Å². The molecule has 4 rings (SSSR count). The van der Waals surface area contributed by atoms with E-state index in [9.17, 15) is 8.42 Å². The second kappa shape index (κ2) is 15.6. The average molecular weight is 621 g/mol. The van der Waals surface area contributed by atoms with Gasteiger partial charge in [0.15, 0.2) is 0 Å². The minimum atomic E-state index is -3.74. The van der Waals surface area contributed by atoms with E-state index in [1.54, 1.807) is 21.5 Å². The molecule has 0 aliphatic heterocycles. The Morgan fingerprint density at radius 2 is 1.43 bits per heavy atom. The van der Waals surface area contributed by atoms with Crippen LogP contribution < -0.4 is 0 Å². The zero-order valence-corrected chi connectivity index (χ0v) is 25.3. The molecular weight excluding hydrogens is 587 g/mol. The number of nitrogens with zero attached hydrogens (tertiary/aromatic N) is 2. The molecule has 2 aliphatic carbocycles. The molecule has 10 radical (unpaired) electrons. The fraction of sp³-hybridized carbons (Fsp3) is 0.200. The van der Waals surface area contributed by atoms with Crippen LogP contribution in [0.2, 0.25) is 0 Å². The van der Waals surface area contributed by atoms with Crippen molar-refractivity contribution in [3.63, 3.8) is 0 Å². The van der Waals surface area contributed by atoms with Gasteiger partial charge in [0.1, 0.15) is 0 Å². The summed E-state index contributed by atoms with van der Waals surface area (Å²) in [6.45, 7) is 8.08. The zero-order chi connectivity index (χ0) is 26.1. The van der Waals surface area contributed by atoms with E-state index in [0.717, 1.165) is 21.9 Å². The maximum atomic E-state index is 13.8. The second-order valence-electron chi connectivity index (χ2n) is 8.70. The first-order valence-electron chi connectivity index (χ1n) is 11.8. The maximum absolute atomic E-state index is 13.8. The number of benzene rings is 2. The van der Waals surface area contributed by atoms with Crippen LogP contribution in [0.15, 0.2) is 72.1 Å². The molecule has 2 saturated carbocycles. The van der Waals surface area contributed by atoms with Crippen LogP contribution in [0.1, 0.15) is 24.1 Å². The quantitative estimate of drug-likeness (QED) is 0.285. The van der Waals surface area contributed by atoms with Crippen molar-refractivity contribution in [1.29, 1.82) is 0 Å². The van der Waals surface area contributed by atoms with Crippen molar-refractivity contribution in [3.8, 4) is 0 Å². The van der Waals surface area contributed by atoms with Gasteiger partial charge in [0, 0.05) is 17.1 Å². The Kier molecular flexibility index (Phi) is 13.6. The molecule has 2 atom stereocenters. The Bertz CT molecular complexity index is 1040. The first kappa shape index (κ1) is 32.3. The first-order valence-corrected chi connectivity index (χ1v) is 14.9. The first-order chi connectivity index (χ1) is 17.3. The molecule has 1 unspecified atom stereocenters. The summed E-state index contributed by atoms with van der Waals surface area (Å²) in [6.07, 6.45) is 17.9. The summed E-state index contributed by atoms with van der Waals surface area (Å²) in [5.74, 6) is 1.16. The Hall–Kier alpha value is -0.911. The fourth-order valence-electron chi connectivity index (χ4n) is 3.61. The summed E-state index contributed by atoms with van der Waals surface area (Å²) >= 11 is -0.471. The van der Waals surface area contributed by atoms with Gasteiger partial charge in [-0.1, -0.05) is 0 Å². The van der Waals surface area contributed by atoms with Gasteiger partial charge >= 0.3 is 195 Å². The smallest absolute Gasteiger partial charge is 0 e. The molecule has 7 heteroatoms. The summed E-state index contributed by atoms with van der Waals surface area (Å²) in [5, 5.41) is 0. The molecule has 4 nitrogen and oxygen atoms in total. The van der Waals surface area contributed by atoms with E-state index in [0.29, 0.717) is 4.90 Å². The van der Waals surface area contributed by atoms with Gasteiger partial charge in [-0.2, -0.15) is 0 Å². The molecule has 2 fully saturated rings. The minimum absolute atomic E-state index is 0. The van der Waals surface area contributed by atoms with Crippen molar-refractivity contribution in [2.45, 2.75) is 30.8 Å². The molecule has 2 aliphatic rings. The number of hydrogen-bond donors (Lipinski definition) is 0. The van der Waals surface area contributed by atoms with Gasteiger partial charge in [-0.25, -0.2) is 0 Å². The van der Waals surface area contributed by atoms with Crippen LogP contribution in [-0.4, -0.2) is 52.0 Å². The predicted molar refractivity (Wildman–Crippen MR) is 149 cm³/mol. The molecule has 0 N–H and O–H groups in total. The Morgan fingerprint density at radius 1 is 0.865 bits per heavy atom. The summed E-state index contributed by atoms with van der Waals surface area (Å²) in [4.78, 5) is 3.50. The molecule has 2 aromatic rings. The Balaban J connectivity index is 0.000000716. The molecule has 37 heavy (non-hydrogen) atoms. The van der Waals surface area contributed by atoms with E-state index in [4.69, 9.17) is 0 Å². The molecule has 0 aromatic heterocycles.